The Morgan fingerprint density at radius 1 is 0.853 bits per heavy atom. The molecule has 0 unspecified atom stereocenters. The maximum atomic E-state index is 13.3. The number of rotatable bonds is 4. The average molecular weight is 452 g/mol. The summed E-state index contributed by atoms with van der Waals surface area (Å²) < 4.78 is 0. The largest absolute Gasteiger partial charge is 0.337 e. The summed E-state index contributed by atoms with van der Waals surface area (Å²) in [6, 6.07) is 23.3. The van der Waals surface area contributed by atoms with Crippen molar-refractivity contribution >= 4 is 23.4 Å². The van der Waals surface area contributed by atoms with Gasteiger partial charge in [-0.15, -0.1) is 0 Å². The minimum absolute atomic E-state index is 0.138. The predicted octanol–water partition coefficient (Wildman–Crippen LogP) is 5.82. The molecule has 2 heterocycles. The van der Waals surface area contributed by atoms with Crippen LogP contribution in [0.4, 0.5) is 11.4 Å². The molecule has 34 heavy (non-hydrogen) atoms. The first kappa shape index (κ1) is 22.4. The summed E-state index contributed by atoms with van der Waals surface area (Å²) >= 11 is 0. The van der Waals surface area contributed by atoms with Crippen LogP contribution >= 0.6 is 0 Å². The number of carbonyl (C=O) groups is 1. The number of benzene rings is 3. The molecule has 2 aliphatic rings. The Kier molecular flexibility index (Phi) is 6.50. The Morgan fingerprint density at radius 3 is 2.41 bits per heavy atom. The SMILES string of the molecule is Cc1cc(C)cc(CN2CCCN(C(=O)c3ccc(N4CC=Cc5ccccc54)cc3)CC2)c1. The molecule has 4 nitrogen and oxygen atoms in total. The Labute approximate surface area is 203 Å². The summed E-state index contributed by atoms with van der Waals surface area (Å²) in [5, 5.41) is 0. The van der Waals surface area contributed by atoms with Gasteiger partial charge in [0.15, 0.2) is 0 Å². The highest BCUT2D eigenvalue weighted by molar-refractivity contribution is 5.94. The summed E-state index contributed by atoms with van der Waals surface area (Å²) in [6.07, 6.45) is 5.36. The topological polar surface area (TPSA) is 26.8 Å². The molecule has 0 radical (unpaired) electrons. The standard InChI is InChI=1S/C30H33N3O/c1-23-19-24(2)21-25(20-23)22-31-14-6-15-32(18-17-31)30(34)27-10-12-28(13-11-27)33-16-5-8-26-7-3-4-9-29(26)33/h3-5,7-13,19-21H,6,14-18,22H2,1-2H3. The molecule has 4 heteroatoms. The average Bonchev–Trinajstić information content (AvgIpc) is 3.08. The van der Waals surface area contributed by atoms with E-state index in [1.807, 2.05) is 17.0 Å². The van der Waals surface area contributed by atoms with Gasteiger partial charge in [0.2, 0.25) is 0 Å². The van der Waals surface area contributed by atoms with Crippen molar-refractivity contribution in [3.8, 4) is 0 Å². The minimum Gasteiger partial charge on any atom is -0.337 e. The van der Waals surface area contributed by atoms with E-state index < -0.39 is 0 Å². The van der Waals surface area contributed by atoms with Gasteiger partial charge in [-0.05, 0) is 61.7 Å². The number of amides is 1. The number of hydrogen-bond donors (Lipinski definition) is 0. The quantitative estimate of drug-likeness (QED) is 0.500. The Balaban J connectivity index is 1.23. The number of anilines is 2. The number of nitrogens with zero attached hydrogens (tertiary/aromatic N) is 3. The summed E-state index contributed by atoms with van der Waals surface area (Å²) in [4.78, 5) is 20.1. The van der Waals surface area contributed by atoms with Crippen molar-refractivity contribution in [3.63, 3.8) is 0 Å². The minimum atomic E-state index is 0.138. The molecule has 0 aliphatic carbocycles. The molecule has 3 aromatic rings. The molecule has 0 spiro atoms. The van der Waals surface area contributed by atoms with Gasteiger partial charge in [-0.25, -0.2) is 0 Å². The summed E-state index contributed by atoms with van der Waals surface area (Å²) in [7, 11) is 0. The van der Waals surface area contributed by atoms with Gasteiger partial charge in [0.1, 0.15) is 0 Å². The molecule has 174 valence electrons. The van der Waals surface area contributed by atoms with Crippen molar-refractivity contribution in [2.45, 2.75) is 26.8 Å². The third-order valence-corrected chi connectivity index (χ3v) is 6.80. The summed E-state index contributed by atoms with van der Waals surface area (Å²) in [5.74, 6) is 0.138. The Morgan fingerprint density at radius 2 is 1.62 bits per heavy atom. The Bertz CT molecular complexity index is 1180. The smallest absolute Gasteiger partial charge is 0.253 e. The molecule has 0 saturated carbocycles. The lowest BCUT2D eigenvalue weighted by molar-refractivity contribution is 0.0761. The molecule has 1 fully saturated rings. The van der Waals surface area contributed by atoms with Crippen LogP contribution in [0, 0.1) is 13.8 Å². The van der Waals surface area contributed by atoms with E-state index in [0.717, 1.165) is 56.9 Å². The molecule has 0 atom stereocenters. The fourth-order valence-corrected chi connectivity index (χ4v) is 5.22. The van der Waals surface area contributed by atoms with Gasteiger partial charge in [0, 0.05) is 56.2 Å². The molecule has 0 bridgehead atoms. The predicted molar refractivity (Wildman–Crippen MR) is 141 cm³/mol. The van der Waals surface area contributed by atoms with Gasteiger partial charge >= 0.3 is 0 Å². The van der Waals surface area contributed by atoms with Gasteiger partial charge in [-0.2, -0.15) is 0 Å². The number of aryl methyl sites for hydroxylation is 2. The van der Waals surface area contributed by atoms with Crippen molar-refractivity contribution in [2.24, 2.45) is 0 Å². The van der Waals surface area contributed by atoms with Crippen LogP contribution in [0.25, 0.3) is 6.08 Å². The second-order valence-electron chi connectivity index (χ2n) is 9.54. The lowest BCUT2D eigenvalue weighted by Gasteiger charge is -2.28. The van der Waals surface area contributed by atoms with E-state index in [0.29, 0.717) is 0 Å². The molecular weight excluding hydrogens is 418 g/mol. The highest BCUT2D eigenvalue weighted by atomic mass is 16.2. The lowest BCUT2D eigenvalue weighted by Crippen LogP contribution is -2.35. The third kappa shape index (κ3) is 4.92. The Hall–Kier alpha value is -3.37. The van der Waals surface area contributed by atoms with Crippen LogP contribution in [-0.2, 0) is 6.54 Å². The van der Waals surface area contributed by atoms with Crippen molar-refractivity contribution < 1.29 is 4.79 Å². The van der Waals surface area contributed by atoms with E-state index in [1.54, 1.807) is 0 Å². The molecule has 3 aromatic carbocycles. The number of fused-ring (bicyclic) bond motifs is 1. The van der Waals surface area contributed by atoms with Crippen molar-refractivity contribution in [1.82, 2.24) is 9.80 Å². The summed E-state index contributed by atoms with van der Waals surface area (Å²) in [5.41, 5.74) is 8.31. The molecule has 1 saturated heterocycles. The van der Waals surface area contributed by atoms with Gasteiger partial charge < -0.3 is 9.80 Å². The van der Waals surface area contributed by atoms with Crippen LogP contribution in [0.15, 0.2) is 72.8 Å². The number of carbonyl (C=O) groups excluding carboxylic acids is 1. The molecule has 2 aliphatic heterocycles. The van der Waals surface area contributed by atoms with Crippen LogP contribution < -0.4 is 4.90 Å². The van der Waals surface area contributed by atoms with Crippen molar-refractivity contribution in [2.75, 3.05) is 37.6 Å². The second kappa shape index (κ2) is 9.86. The van der Waals surface area contributed by atoms with E-state index in [2.05, 4.69) is 90.4 Å². The highest BCUT2D eigenvalue weighted by Gasteiger charge is 2.21. The monoisotopic (exact) mass is 451 g/mol. The van der Waals surface area contributed by atoms with E-state index in [-0.39, 0.29) is 5.91 Å². The molecule has 5 rings (SSSR count). The van der Waals surface area contributed by atoms with Gasteiger partial charge in [-0.3, -0.25) is 9.69 Å². The highest BCUT2D eigenvalue weighted by Crippen LogP contribution is 2.32. The number of para-hydroxylation sites is 1. The van der Waals surface area contributed by atoms with Crippen LogP contribution in [0.2, 0.25) is 0 Å². The normalized spacial score (nSPS) is 16.3. The molecule has 0 aromatic heterocycles. The van der Waals surface area contributed by atoms with Gasteiger partial charge in [-0.1, -0.05) is 59.7 Å². The van der Waals surface area contributed by atoms with Crippen LogP contribution in [0.5, 0.6) is 0 Å². The fourth-order valence-electron chi connectivity index (χ4n) is 5.22. The molecular formula is C30H33N3O. The fraction of sp³-hybridized carbons (Fsp3) is 0.300. The van der Waals surface area contributed by atoms with E-state index >= 15 is 0 Å². The third-order valence-electron chi connectivity index (χ3n) is 6.80. The van der Waals surface area contributed by atoms with Crippen LogP contribution in [-0.4, -0.2) is 48.4 Å². The van der Waals surface area contributed by atoms with Crippen LogP contribution in [0.3, 0.4) is 0 Å². The van der Waals surface area contributed by atoms with E-state index in [4.69, 9.17) is 0 Å². The van der Waals surface area contributed by atoms with Crippen molar-refractivity contribution in [3.05, 3.63) is 101 Å². The van der Waals surface area contributed by atoms with Gasteiger partial charge in [0.05, 0.1) is 0 Å². The first-order valence-corrected chi connectivity index (χ1v) is 12.3. The van der Waals surface area contributed by atoms with Crippen LogP contribution in [0.1, 0.15) is 39.0 Å². The maximum absolute atomic E-state index is 13.3. The molecule has 1 amide bonds. The zero-order valence-electron chi connectivity index (χ0n) is 20.2. The first-order chi connectivity index (χ1) is 16.6. The zero-order chi connectivity index (χ0) is 23.5. The zero-order valence-corrected chi connectivity index (χ0v) is 20.2. The second-order valence-corrected chi connectivity index (χ2v) is 9.54. The van der Waals surface area contributed by atoms with E-state index in [9.17, 15) is 4.79 Å². The molecule has 0 N–H and O–H groups in total. The van der Waals surface area contributed by atoms with E-state index in [1.165, 1.54) is 27.9 Å². The lowest BCUT2D eigenvalue weighted by atomic mass is 10.1. The van der Waals surface area contributed by atoms with Gasteiger partial charge in [0.25, 0.3) is 5.91 Å². The first-order valence-electron chi connectivity index (χ1n) is 12.3. The van der Waals surface area contributed by atoms with Crippen molar-refractivity contribution in [1.29, 1.82) is 0 Å². The summed E-state index contributed by atoms with van der Waals surface area (Å²) in [6.45, 7) is 9.63. The maximum Gasteiger partial charge on any atom is 0.253 e. The number of hydrogen-bond acceptors (Lipinski definition) is 3.